The van der Waals surface area contributed by atoms with Gasteiger partial charge in [0.05, 0.1) is 0 Å². The van der Waals surface area contributed by atoms with Gasteiger partial charge in [-0.15, -0.1) is 0 Å². The summed E-state index contributed by atoms with van der Waals surface area (Å²) in [5, 5.41) is 11.7. The molecule has 4 fully saturated rings. The minimum atomic E-state index is -1.04. The standard InChI is InChI=1S/C16H25NO4/c1-14-3-11-4-15(2,8-14)10-16(5-11,9-14)17-12(18)6-21-7-13(19)20/h11H,3-10H2,1-2H3,(H,17,18)(H,19,20). The highest BCUT2D eigenvalue weighted by Gasteiger charge is 2.60. The van der Waals surface area contributed by atoms with Crippen LogP contribution >= 0.6 is 0 Å². The smallest absolute Gasteiger partial charge is 0.329 e. The SMILES string of the molecule is CC12CC3CC(C)(C1)CC(NC(=O)COCC(=O)O)(C3)C2. The Balaban J connectivity index is 1.65. The van der Waals surface area contributed by atoms with Gasteiger partial charge in [0.25, 0.3) is 0 Å². The van der Waals surface area contributed by atoms with Gasteiger partial charge in [0.15, 0.2) is 0 Å². The van der Waals surface area contributed by atoms with Crippen LogP contribution in [0.15, 0.2) is 0 Å². The van der Waals surface area contributed by atoms with Crippen molar-refractivity contribution in [2.45, 2.75) is 57.9 Å². The van der Waals surface area contributed by atoms with Gasteiger partial charge in [-0.05, 0) is 55.3 Å². The van der Waals surface area contributed by atoms with E-state index < -0.39 is 12.6 Å². The summed E-state index contributed by atoms with van der Waals surface area (Å²) >= 11 is 0. The zero-order chi connectivity index (χ0) is 15.3. The fourth-order valence-corrected chi connectivity index (χ4v) is 6.15. The summed E-state index contributed by atoms with van der Waals surface area (Å²) in [5.74, 6) is -0.500. The quantitative estimate of drug-likeness (QED) is 0.813. The Labute approximate surface area is 125 Å². The number of aliphatic carboxylic acids is 1. The minimum absolute atomic E-state index is 0.0907. The number of hydrogen-bond donors (Lipinski definition) is 2. The van der Waals surface area contributed by atoms with Gasteiger partial charge in [0.1, 0.15) is 13.2 Å². The third kappa shape index (κ3) is 2.93. The molecule has 0 aromatic rings. The molecule has 21 heavy (non-hydrogen) atoms. The van der Waals surface area contributed by atoms with E-state index in [1.807, 2.05) is 0 Å². The van der Waals surface area contributed by atoms with Crippen molar-refractivity contribution in [2.75, 3.05) is 13.2 Å². The molecule has 2 atom stereocenters. The van der Waals surface area contributed by atoms with Crippen LogP contribution < -0.4 is 5.32 Å². The van der Waals surface area contributed by atoms with Gasteiger partial charge in [-0.25, -0.2) is 4.79 Å². The predicted molar refractivity (Wildman–Crippen MR) is 76.7 cm³/mol. The number of rotatable bonds is 5. The molecule has 2 N–H and O–H groups in total. The van der Waals surface area contributed by atoms with Crippen LogP contribution in [0.1, 0.15) is 52.4 Å². The second-order valence-corrected chi connectivity index (χ2v) is 8.35. The lowest BCUT2D eigenvalue weighted by Gasteiger charge is -2.65. The zero-order valence-corrected chi connectivity index (χ0v) is 12.9. The van der Waals surface area contributed by atoms with E-state index in [9.17, 15) is 9.59 Å². The largest absolute Gasteiger partial charge is 0.480 e. The lowest BCUT2D eigenvalue weighted by atomic mass is 9.43. The van der Waals surface area contributed by atoms with E-state index in [1.165, 1.54) is 19.3 Å². The van der Waals surface area contributed by atoms with Gasteiger partial charge < -0.3 is 15.2 Å². The Bertz CT molecular complexity index is 457. The van der Waals surface area contributed by atoms with E-state index in [4.69, 9.17) is 9.84 Å². The topological polar surface area (TPSA) is 75.6 Å². The summed E-state index contributed by atoms with van der Waals surface area (Å²) in [6.45, 7) is 4.14. The molecule has 0 heterocycles. The molecule has 4 aliphatic carbocycles. The number of hydrogen-bond acceptors (Lipinski definition) is 3. The number of nitrogens with one attached hydrogen (secondary N) is 1. The molecule has 4 aliphatic rings. The van der Waals surface area contributed by atoms with Crippen LogP contribution in [0.25, 0.3) is 0 Å². The molecule has 4 rings (SSSR count). The number of ether oxygens (including phenoxy) is 1. The van der Waals surface area contributed by atoms with Crippen molar-refractivity contribution in [1.82, 2.24) is 5.32 Å². The molecular formula is C16H25NO4. The normalized spacial score (nSPS) is 43.8. The summed E-state index contributed by atoms with van der Waals surface area (Å²) in [5.41, 5.74) is 0.610. The first kappa shape index (κ1) is 14.8. The highest BCUT2D eigenvalue weighted by Crippen LogP contribution is 2.66. The van der Waals surface area contributed by atoms with Gasteiger partial charge in [-0.2, -0.15) is 0 Å². The van der Waals surface area contributed by atoms with E-state index in [0.717, 1.165) is 25.2 Å². The molecule has 4 bridgehead atoms. The highest BCUT2D eigenvalue weighted by molar-refractivity contribution is 5.78. The van der Waals surface area contributed by atoms with E-state index >= 15 is 0 Å². The Kier molecular flexibility index (Phi) is 3.32. The Morgan fingerprint density at radius 1 is 1.10 bits per heavy atom. The molecule has 0 aromatic heterocycles. The van der Waals surface area contributed by atoms with Crippen molar-refractivity contribution >= 4 is 11.9 Å². The Hall–Kier alpha value is -1.10. The van der Waals surface area contributed by atoms with Crippen molar-refractivity contribution in [3.63, 3.8) is 0 Å². The van der Waals surface area contributed by atoms with Gasteiger partial charge in [-0.1, -0.05) is 13.8 Å². The molecule has 0 spiro atoms. The molecule has 118 valence electrons. The second kappa shape index (κ2) is 4.70. The van der Waals surface area contributed by atoms with Crippen LogP contribution in [0.5, 0.6) is 0 Å². The lowest BCUT2D eigenvalue weighted by Crippen LogP contribution is -2.65. The number of carbonyl (C=O) groups is 2. The molecule has 4 saturated carbocycles. The summed E-state index contributed by atoms with van der Waals surface area (Å²) < 4.78 is 4.91. The Morgan fingerprint density at radius 3 is 2.24 bits per heavy atom. The second-order valence-electron chi connectivity index (χ2n) is 8.35. The first-order chi connectivity index (χ1) is 9.72. The van der Waals surface area contributed by atoms with Crippen molar-refractivity contribution in [2.24, 2.45) is 16.7 Å². The molecule has 0 aliphatic heterocycles. The van der Waals surface area contributed by atoms with Crippen LogP contribution in [-0.2, 0) is 14.3 Å². The van der Waals surface area contributed by atoms with E-state index in [1.54, 1.807) is 0 Å². The average Bonchev–Trinajstić information content (AvgIpc) is 2.21. The molecule has 0 aromatic carbocycles. The van der Waals surface area contributed by atoms with E-state index in [2.05, 4.69) is 19.2 Å². The Morgan fingerprint density at radius 2 is 1.71 bits per heavy atom. The fraction of sp³-hybridized carbons (Fsp3) is 0.875. The number of carbonyl (C=O) groups excluding carboxylic acids is 1. The van der Waals surface area contributed by atoms with Crippen molar-refractivity contribution in [3.05, 3.63) is 0 Å². The monoisotopic (exact) mass is 295 g/mol. The van der Waals surface area contributed by atoms with Crippen LogP contribution in [0, 0.1) is 16.7 Å². The summed E-state index contributed by atoms with van der Waals surface area (Å²) in [6.07, 6.45) is 7.02. The number of carboxylic acid groups (broad SMARTS) is 1. The summed E-state index contributed by atoms with van der Waals surface area (Å²) in [4.78, 5) is 22.5. The molecule has 0 saturated heterocycles. The predicted octanol–water partition coefficient (Wildman–Crippen LogP) is 1.95. The number of amides is 1. The maximum absolute atomic E-state index is 12.1. The van der Waals surface area contributed by atoms with Gasteiger partial charge in [-0.3, -0.25) is 4.79 Å². The summed E-state index contributed by atoms with van der Waals surface area (Å²) in [6, 6.07) is 0. The minimum Gasteiger partial charge on any atom is -0.480 e. The molecule has 2 unspecified atom stereocenters. The van der Waals surface area contributed by atoms with Crippen LogP contribution in [-0.4, -0.2) is 35.7 Å². The van der Waals surface area contributed by atoms with Crippen molar-refractivity contribution in [1.29, 1.82) is 0 Å². The average molecular weight is 295 g/mol. The van der Waals surface area contributed by atoms with E-state index in [0.29, 0.717) is 10.8 Å². The van der Waals surface area contributed by atoms with Gasteiger partial charge in [0, 0.05) is 5.54 Å². The fourth-order valence-electron chi connectivity index (χ4n) is 6.15. The highest BCUT2D eigenvalue weighted by atomic mass is 16.5. The van der Waals surface area contributed by atoms with Crippen LogP contribution in [0.3, 0.4) is 0 Å². The van der Waals surface area contributed by atoms with Crippen molar-refractivity contribution < 1.29 is 19.4 Å². The molecule has 5 heteroatoms. The molecule has 1 amide bonds. The third-order valence-electron chi connectivity index (χ3n) is 5.49. The maximum atomic E-state index is 12.1. The van der Waals surface area contributed by atoms with Gasteiger partial charge >= 0.3 is 5.97 Å². The molecular weight excluding hydrogens is 270 g/mol. The number of carboxylic acids is 1. The zero-order valence-electron chi connectivity index (χ0n) is 12.9. The summed E-state index contributed by atoms with van der Waals surface area (Å²) in [7, 11) is 0. The molecule has 0 radical (unpaired) electrons. The third-order valence-corrected chi connectivity index (χ3v) is 5.49. The van der Waals surface area contributed by atoms with Crippen molar-refractivity contribution in [3.8, 4) is 0 Å². The lowest BCUT2D eigenvalue weighted by molar-refractivity contribution is -0.147. The van der Waals surface area contributed by atoms with Crippen LogP contribution in [0.4, 0.5) is 0 Å². The molecule has 5 nitrogen and oxygen atoms in total. The first-order valence-corrected chi connectivity index (χ1v) is 7.82. The van der Waals surface area contributed by atoms with Crippen LogP contribution in [0.2, 0.25) is 0 Å². The maximum Gasteiger partial charge on any atom is 0.329 e. The van der Waals surface area contributed by atoms with Gasteiger partial charge in [0.2, 0.25) is 5.91 Å². The van der Waals surface area contributed by atoms with E-state index in [-0.39, 0.29) is 18.1 Å². The first-order valence-electron chi connectivity index (χ1n) is 7.82.